The van der Waals surface area contributed by atoms with E-state index in [9.17, 15) is 9.59 Å². The van der Waals surface area contributed by atoms with E-state index in [1.807, 2.05) is 45.7 Å². The van der Waals surface area contributed by atoms with E-state index < -0.39 is 11.1 Å². The van der Waals surface area contributed by atoms with Crippen molar-refractivity contribution in [1.29, 1.82) is 0 Å². The highest BCUT2D eigenvalue weighted by Gasteiger charge is 2.48. The Labute approximate surface area is 192 Å². The van der Waals surface area contributed by atoms with Gasteiger partial charge in [-0.25, -0.2) is 4.79 Å². The number of aromatic nitrogens is 2. The summed E-state index contributed by atoms with van der Waals surface area (Å²) in [6.07, 6.45) is 12.0. The summed E-state index contributed by atoms with van der Waals surface area (Å²) in [5.41, 5.74) is 0.579. The predicted octanol–water partition coefficient (Wildman–Crippen LogP) is 4.18. The van der Waals surface area contributed by atoms with Gasteiger partial charge in [0.15, 0.2) is 0 Å². The fourth-order valence-electron chi connectivity index (χ4n) is 5.63. The molecule has 178 valence electrons. The van der Waals surface area contributed by atoms with E-state index >= 15 is 0 Å². The summed E-state index contributed by atoms with van der Waals surface area (Å²) in [4.78, 5) is 28.2. The fourth-order valence-corrected chi connectivity index (χ4v) is 5.63. The first kappa shape index (κ1) is 23.3. The Kier molecular flexibility index (Phi) is 6.16. The number of nitrogens with zero attached hydrogens (tertiary/aromatic N) is 4. The number of carbonyl (C=O) groups excluding carboxylic acids is 2. The van der Waals surface area contributed by atoms with E-state index in [1.165, 1.54) is 31.2 Å². The maximum atomic E-state index is 12.3. The molecule has 4 rings (SSSR count). The van der Waals surface area contributed by atoms with E-state index in [0.717, 1.165) is 45.3 Å². The Bertz CT molecular complexity index is 816. The van der Waals surface area contributed by atoms with Gasteiger partial charge in [-0.3, -0.25) is 4.68 Å². The monoisotopic (exact) mass is 444 g/mol. The molecule has 1 spiro atoms. The molecule has 1 amide bonds. The molecule has 0 radical (unpaired) electrons. The van der Waals surface area contributed by atoms with E-state index in [0.29, 0.717) is 17.4 Å². The van der Waals surface area contributed by atoms with Crippen molar-refractivity contribution in [2.75, 3.05) is 26.2 Å². The zero-order valence-electron chi connectivity index (χ0n) is 20.5. The van der Waals surface area contributed by atoms with Crippen LogP contribution < -0.4 is 0 Å². The Morgan fingerprint density at radius 1 is 1.09 bits per heavy atom. The summed E-state index contributed by atoms with van der Waals surface area (Å²) < 4.78 is 7.31. The molecule has 32 heavy (non-hydrogen) atoms. The van der Waals surface area contributed by atoms with Crippen molar-refractivity contribution < 1.29 is 14.3 Å². The van der Waals surface area contributed by atoms with Crippen LogP contribution >= 0.6 is 0 Å². The second-order valence-electron chi connectivity index (χ2n) is 11.9. The van der Waals surface area contributed by atoms with Crippen LogP contribution in [-0.2, 0) is 15.1 Å². The standard InChI is InChI=1S/C25H40N4O3/c1-23(2,3)32-22(31)28-16-25(17-28)10-6-21(7-11-25)27-12-8-19(9-13-27)20-14-26-29(15-20)24(4,5)18-30/h14-15,18-19,21H,6-13,16-17H2,1-5H3. The largest absolute Gasteiger partial charge is 0.444 e. The lowest BCUT2D eigenvalue weighted by molar-refractivity contribution is -0.114. The maximum Gasteiger partial charge on any atom is 0.410 e. The zero-order chi connectivity index (χ0) is 23.1. The van der Waals surface area contributed by atoms with Crippen LogP contribution in [0.3, 0.4) is 0 Å². The molecule has 3 aliphatic rings. The second kappa shape index (κ2) is 8.47. The first-order valence-electron chi connectivity index (χ1n) is 12.2. The third kappa shape index (κ3) is 4.87. The maximum absolute atomic E-state index is 12.3. The quantitative estimate of drug-likeness (QED) is 0.652. The molecule has 1 aromatic rings. The van der Waals surface area contributed by atoms with Gasteiger partial charge in [0.25, 0.3) is 0 Å². The summed E-state index contributed by atoms with van der Waals surface area (Å²) in [6.45, 7) is 13.5. The number of rotatable bonds is 4. The molecule has 0 N–H and O–H groups in total. The van der Waals surface area contributed by atoms with Crippen LogP contribution in [0.4, 0.5) is 4.79 Å². The van der Waals surface area contributed by atoms with Crippen LogP contribution in [0, 0.1) is 5.41 Å². The van der Waals surface area contributed by atoms with E-state index in [1.54, 1.807) is 4.68 Å². The number of aldehydes is 1. The Hall–Kier alpha value is -1.89. The highest BCUT2D eigenvalue weighted by Crippen LogP contribution is 2.46. The van der Waals surface area contributed by atoms with Crippen molar-refractivity contribution in [2.24, 2.45) is 5.41 Å². The Morgan fingerprint density at radius 3 is 2.28 bits per heavy atom. The van der Waals surface area contributed by atoms with Gasteiger partial charge in [0, 0.05) is 30.7 Å². The van der Waals surface area contributed by atoms with Crippen molar-refractivity contribution >= 4 is 12.4 Å². The first-order valence-corrected chi connectivity index (χ1v) is 12.2. The zero-order valence-corrected chi connectivity index (χ0v) is 20.5. The number of likely N-dealkylation sites (tertiary alicyclic amines) is 2. The normalized spacial score (nSPS) is 23.2. The number of piperidine rings is 1. The second-order valence-corrected chi connectivity index (χ2v) is 11.9. The lowest BCUT2D eigenvalue weighted by Gasteiger charge is -2.54. The van der Waals surface area contributed by atoms with Crippen molar-refractivity contribution in [1.82, 2.24) is 19.6 Å². The number of amides is 1. The number of hydrogen-bond acceptors (Lipinski definition) is 5. The Balaban J connectivity index is 1.22. The van der Waals surface area contributed by atoms with E-state index in [-0.39, 0.29) is 6.09 Å². The molecule has 7 nitrogen and oxygen atoms in total. The fraction of sp³-hybridized carbons (Fsp3) is 0.800. The van der Waals surface area contributed by atoms with Crippen LogP contribution in [0.15, 0.2) is 12.4 Å². The predicted molar refractivity (Wildman–Crippen MR) is 124 cm³/mol. The molecule has 3 fully saturated rings. The Morgan fingerprint density at radius 2 is 1.72 bits per heavy atom. The van der Waals surface area contributed by atoms with Crippen LogP contribution in [0.5, 0.6) is 0 Å². The summed E-state index contributed by atoms with van der Waals surface area (Å²) in [5.74, 6) is 0.534. The molecule has 2 aliphatic heterocycles. The molecule has 3 heterocycles. The minimum atomic E-state index is -0.586. The first-order chi connectivity index (χ1) is 15.0. The molecule has 7 heteroatoms. The molecule has 0 aromatic carbocycles. The van der Waals surface area contributed by atoms with Gasteiger partial charge < -0.3 is 19.3 Å². The third-order valence-electron chi connectivity index (χ3n) is 7.72. The van der Waals surface area contributed by atoms with Crippen molar-refractivity contribution in [3.05, 3.63) is 18.0 Å². The molecule has 0 atom stereocenters. The topological polar surface area (TPSA) is 67.7 Å². The van der Waals surface area contributed by atoms with Gasteiger partial charge in [-0.05, 0) is 97.7 Å². The minimum Gasteiger partial charge on any atom is -0.444 e. The number of ether oxygens (including phenoxy) is 1. The molecule has 1 aromatic heterocycles. The third-order valence-corrected chi connectivity index (χ3v) is 7.72. The van der Waals surface area contributed by atoms with Gasteiger partial charge in [0.05, 0.1) is 6.20 Å². The number of hydrogen-bond donors (Lipinski definition) is 0. The van der Waals surface area contributed by atoms with Crippen molar-refractivity contribution in [3.63, 3.8) is 0 Å². The van der Waals surface area contributed by atoms with Crippen molar-refractivity contribution in [2.45, 2.75) is 96.2 Å². The van der Waals surface area contributed by atoms with Crippen LogP contribution in [0.1, 0.15) is 84.6 Å². The van der Waals surface area contributed by atoms with Crippen LogP contribution in [-0.4, -0.2) is 69.8 Å². The average Bonchev–Trinajstić information content (AvgIpc) is 3.22. The van der Waals surface area contributed by atoms with Gasteiger partial charge in [0.1, 0.15) is 17.4 Å². The summed E-state index contributed by atoms with van der Waals surface area (Å²) in [5, 5.41) is 4.45. The molecular weight excluding hydrogens is 404 g/mol. The van der Waals surface area contributed by atoms with Gasteiger partial charge in [-0.1, -0.05) is 0 Å². The van der Waals surface area contributed by atoms with Gasteiger partial charge in [-0.15, -0.1) is 0 Å². The highest BCUT2D eigenvalue weighted by molar-refractivity contribution is 5.69. The van der Waals surface area contributed by atoms with E-state index in [2.05, 4.69) is 16.2 Å². The van der Waals surface area contributed by atoms with Crippen molar-refractivity contribution in [3.8, 4) is 0 Å². The van der Waals surface area contributed by atoms with Gasteiger partial charge in [0.2, 0.25) is 0 Å². The molecule has 0 unspecified atom stereocenters. The molecular formula is C25H40N4O3. The number of carbonyl (C=O) groups is 2. The smallest absolute Gasteiger partial charge is 0.410 e. The van der Waals surface area contributed by atoms with E-state index in [4.69, 9.17) is 4.74 Å². The SMILES string of the molecule is CC(C)(C)OC(=O)N1CC2(CCC(N3CCC(c4cnn(C(C)(C)C=O)c4)CC3)CC2)C1. The summed E-state index contributed by atoms with van der Waals surface area (Å²) in [6, 6.07) is 0.675. The summed E-state index contributed by atoms with van der Waals surface area (Å²) >= 11 is 0. The highest BCUT2D eigenvalue weighted by atomic mass is 16.6. The molecule has 1 aliphatic carbocycles. The van der Waals surface area contributed by atoms with Gasteiger partial charge in [-0.2, -0.15) is 5.10 Å². The summed E-state index contributed by atoms with van der Waals surface area (Å²) in [7, 11) is 0. The minimum absolute atomic E-state index is 0.160. The molecule has 1 saturated carbocycles. The van der Waals surface area contributed by atoms with Crippen LogP contribution in [0.2, 0.25) is 0 Å². The van der Waals surface area contributed by atoms with Crippen LogP contribution in [0.25, 0.3) is 0 Å². The van der Waals surface area contributed by atoms with Gasteiger partial charge >= 0.3 is 6.09 Å². The lowest BCUT2D eigenvalue weighted by atomic mass is 9.67. The molecule has 2 saturated heterocycles. The average molecular weight is 445 g/mol. The lowest BCUT2D eigenvalue weighted by Crippen LogP contribution is -2.61. The molecule has 0 bridgehead atoms.